The van der Waals surface area contributed by atoms with Crippen LogP contribution in [0.15, 0.2) is 0 Å². The lowest BCUT2D eigenvalue weighted by Crippen LogP contribution is -2.46. The number of aliphatic hydroxyl groups is 1. The lowest BCUT2D eigenvalue weighted by Gasteiger charge is -2.27. The minimum Gasteiger partial charge on any atom is -0.393 e. The van der Waals surface area contributed by atoms with Gasteiger partial charge in [0.25, 0.3) is 0 Å². The summed E-state index contributed by atoms with van der Waals surface area (Å²) < 4.78 is 0. The van der Waals surface area contributed by atoms with Crippen molar-refractivity contribution in [2.45, 2.75) is 50.3 Å². The molecule has 4 N–H and O–H groups in total. The highest BCUT2D eigenvalue weighted by Crippen LogP contribution is 2.18. The maximum Gasteiger partial charge on any atom is 0.238 e. The molecular weight excluding hydrogens is 192 g/mol. The van der Waals surface area contributed by atoms with E-state index in [1.165, 1.54) is 0 Å². The summed E-state index contributed by atoms with van der Waals surface area (Å²) in [6, 6.07) is -0.466. The molecule has 1 aliphatic carbocycles. The SMILES string of the molecule is C#CCC(N)C(=O)NC1CCC(O)CC1. The number of terminal acetylenes is 1. The summed E-state index contributed by atoms with van der Waals surface area (Å²) in [4.78, 5) is 11.5. The van der Waals surface area contributed by atoms with Gasteiger partial charge in [-0.05, 0) is 25.7 Å². The monoisotopic (exact) mass is 210 g/mol. The largest absolute Gasteiger partial charge is 0.393 e. The number of rotatable bonds is 3. The molecule has 4 heteroatoms. The highest BCUT2D eigenvalue weighted by molar-refractivity contribution is 5.82. The van der Waals surface area contributed by atoms with Crippen LogP contribution in [0.2, 0.25) is 0 Å². The molecule has 4 nitrogen and oxygen atoms in total. The Labute approximate surface area is 90.2 Å². The molecule has 1 unspecified atom stereocenters. The van der Waals surface area contributed by atoms with Crippen molar-refractivity contribution < 1.29 is 9.90 Å². The van der Waals surface area contributed by atoms with Gasteiger partial charge in [0, 0.05) is 12.5 Å². The Balaban J connectivity index is 2.29. The van der Waals surface area contributed by atoms with Gasteiger partial charge in [0.05, 0.1) is 12.1 Å². The Morgan fingerprint density at radius 1 is 1.53 bits per heavy atom. The topological polar surface area (TPSA) is 75.4 Å². The molecule has 15 heavy (non-hydrogen) atoms. The molecule has 84 valence electrons. The van der Waals surface area contributed by atoms with Crippen LogP contribution in [0.1, 0.15) is 32.1 Å². The van der Waals surface area contributed by atoms with Gasteiger partial charge in [0.1, 0.15) is 0 Å². The molecule has 1 amide bonds. The molecular formula is C11H18N2O2. The number of aliphatic hydroxyl groups excluding tert-OH is 1. The van der Waals surface area contributed by atoms with Crippen LogP contribution in [0.25, 0.3) is 0 Å². The predicted molar refractivity (Wildman–Crippen MR) is 57.8 cm³/mol. The molecule has 1 fully saturated rings. The van der Waals surface area contributed by atoms with E-state index in [0.29, 0.717) is 0 Å². The molecule has 0 aromatic heterocycles. The van der Waals surface area contributed by atoms with Gasteiger partial charge in [-0.1, -0.05) is 0 Å². The molecule has 0 heterocycles. The van der Waals surface area contributed by atoms with Crippen molar-refractivity contribution in [3.05, 3.63) is 0 Å². The summed E-state index contributed by atoms with van der Waals surface area (Å²) in [5.74, 6) is 2.18. The van der Waals surface area contributed by atoms with E-state index in [2.05, 4.69) is 11.2 Å². The third-order valence-electron chi connectivity index (χ3n) is 2.72. The summed E-state index contributed by atoms with van der Waals surface area (Å²) in [6.07, 6.45) is 8.25. The minimum absolute atomic E-state index is 0.143. The number of carbonyl (C=O) groups is 1. The van der Waals surface area contributed by atoms with Crippen molar-refractivity contribution in [2.75, 3.05) is 0 Å². The fraction of sp³-hybridized carbons (Fsp3) is 0.727. The van der Waals surface area contributed by atoms with Crippen molar-refractivity contribution in [1.29, 1.82) is 0 Å². The van der Waals surface area contributed by atoms with Crippen LogP contribution in [0.3, 0.4) is 0 Å². The van der Waals surface area contributed by atoms with Crippen LogP contribution in [0.4, 0.5) is 0 Å². The quantitative estimate of drug-likeness (QED) is 0.563. The Hall–Kier alpha value is -1.05. The molecule has 0 aliphatic heterocycles. The summed E-state index contributed by atoms with van der Waals surface area (Å²) in [5, 5.41) is 12.1. The average Bonchev–Trinajstić information content (AvgIpc) is 2.22. The minimum atomic E-state index is -0.609. The van der Waals surface area contributed by atoms with E-state index in [0.717, 1.165) is 25.7 Å². The van der Waals surface area contributed by atoms with Gasteiger partial charge in [-0.15, -0.1) is 12.3 Å². The van der Waals surface area contributed by atoms with Gasteiger partial charge < -0.3 is 16.2 Å². The number of nitrogens with two attached hydrogens (primary N) is 1. The molecule has 0 saturated heterocycles. The Morgan fingerprint density at radius 3 is 2.67 bits per heavy atom. The third-order valence-corrected chi connectivity index (χ3v) is 2.72. The molecule has 1 atom stereocenters. The Morgan fingerprint density at radius 2 is 2.13 bits per heavy atom. The number of amides is 1. The highest BCUT2D eigenvalue weighted by atomic mass is 16.3. The second kappa shape index (κ2) is 5.74. The van der Waals surface area contributed by atoms with Gasteiger partial charge in [0.15, 0.2) is 0 Å². The molecule has 1 saturated carbocycles. The first-order valence-electron chi connectivity index (χ1n) is 5.31. The van der Waals surface area contributed by atoms with Crippen LogP contribution in [0.5, 0.6) is 0 Å². The van der Waals surface area contributed by atoms with Crippen molar-refractivity contribution in [2.24, 2.45) is 5.73 Å². The second-order valence-electron chi connectivity index (χ2n) is 4.03. The zero-order chi connectivity index (χ0) is 11.3. The van der Waals surface area contributed by atoms with Gasteiger partial charge in [-0.2, -0.15) is 0 Å². The van der Waals surface area contributed by atoms with E-state index in [1.54, 1.807) is 0 Å². The highest BCUT2D eigenvalue weighted by Gasteiger charge is 2.22. The van der Waals surface area contributed by atoms with Crippen LogP contribution >= 0.6 is 0 Å². The smallest absolute Gasteiger partial charge is 0.238 e. The van der Waals surface area contributed by atoms with E-state index >= 15 is 0 Å². The first-order chi connectivity index (χ1) is 7.13. The lowest BCUT2D eigenvalue weighted by atomic mass is 9.93. The Bertz CT molecular complexity index is 252. The summed E-state index contributed by atoms with van der Waals surface area (Å²) in [7, 11) is 0. The maximum absolute atomic E-state index is 11.5. The van der Waals surface area contributed by atoms with E-state index in [9.17, 15) is 9.90 Å². The van der Waals surface area contributed by atoms with Crippen LogP contribution in [-0.2, 0) is 4.79 Å². The fourth-order valence-corrected chi connectivity index (χ4v) is 1.75. The van der Waals surface area contributed by atoms with Gasteiger partial charge in [-0.25, -0.2) is 0 Å². The van der Waals surface area contributed by atoms with Gasteiger partial charge in [0.2, 0.25) is 5.91 Å². The van der Waals surface area contributed by atoms with Crippen molar-refractivity contribution in [3.63, 3.8) is 0 Å². The maximum atomic E-state index is 11.5. The van der Waals surface area contributed by atoms with E-state index in [1.807, 2.05) is 0 Å². The Kier molecular flexibility index (Phi) is 4.60. The van der Waals surface area contributed by atoms with E-state index in [-0.39, 0.29) is 24.5 Å². The van der Waals surface area contributed by atoms with Crippen LogP contribution < -0.4 is 11.1 Å². The summed E-state index contributed by atoms with van der Waals surface area (Å²) >= 11 is 0. The number of carbonyl (C=O) groups excluding carboxylic acids is 1. The fourth-order valence-electron chi connectivity index (χ4n) is 1.75. The van der Waals surface area contributed by atoms with Crippen molar-refractivity contribution in [1.82, 2.24) is 5.32 Å². The zero-order valence-corrected chi connectivity index (χ0v) is 8.78. The van der Waals surface area contributed by atoms with Crippen molar-refractivity contribution >= 4 is 5.91 Å². The lowest BCUT2D eigenvalue weighted by molar-refractivity contribution is -0.123. The standard InChI is InChI=1S/C11H18N2O2/c1-2-3-10(12)11(15)13-8-4-6-9(14)7-5-8/h1,8-10,14H,3-7,12H2,(H,13,15). The molecule has 0 aromatic carbocycles. The number of hydrogen-bond donors (Lipinski definition) is 3. The van der Waals surface area contributed by atoms with Gasteiger partial charge in [-0.3, -0.25) is 4.79 Å². The van der Waals surface area contributed by atoms with Gasteiger partial charge >= 0.3 is 0 Å². The first kappa shape index (κ1) is 12.0. The zero-order valence-electron chi connectivity index (χ0n) is 8.78. The van der Waals surface area contributed by atoms with Crippen LogP contribution in [-0.4, -0.2) is 29.2 Å². The van der Waals surface area contributed by atoms with Crippen molar-refractivity contribution in [3.8, 4) is 12.3 Å². The number of hydrogen-bond acceptors (Lipinski definition) is 3. The molecule has 0 bridgehead atoms. The van der Waals surface area contributed by atoms with E-state index in [4.69, 9.17) is 12.2 Å². The summed E-state index contributed by atoms with van der Waals surface area (Å²) in [5.41, 5.74) is 5.57. The molecule has 0 spiro atoms. The first-order valence-corrected chi connectivity index (χ1v) is 5.31. The third kappa shape index (κ3) is 3.90. The van der Waals surface area contributed by atoms with E-state index < -0.39 is 6.04 Å². The second-order valence-corrected chi connectivity index (χ2v) is 4.03. The molecule has 0 aromatic rings. The molecule has 1 rings (SSSR count). The normalized spacial score (nSPS) is 27.8. The average molecular weight is 210 g/mol. The molecule has 0 radical (unpaired) electrons. The van der Waals surface area contributed by atoms with Crippen LogP contribution in [0, 0.1) is 12.3 Å². The summed E-state index contributed by atoms with van der Waals surface area (Å²) in [6.45, 7) is 0. The number of nitrogens with one attached hydrogen (secondary N) is 1. The molecule has 1 aliphatic rings. The predicted octanol–water partition coefficient (Wildman–Crippen LogP) is -0.243.